The van der Waals surface area contributed by atoms with E-state index in [4.69, 9.17) is 0 Å². The lowest BCUT2D eigenvalue weighted by molar-refractivity contribution is -0.0499. The van der Waals surface area contributed by atoms with Crippen molar-refractivity contribution in [3.05, 3.63) is 41.5 Å². The molecule has 1 aliphatic heterocycles. The van der Waals surface area contributed by atoms with Crippen molar-refractivity contribution in [2.45, 2.75) is 64.5 Å². The summed E-state index contributed by atoms with van der Waals surface area (Å²) < 4.78 is 71.6. The number of rotatable bonds is 6. The molecule has 2 aromatic rings. The maximum absolute atomic E-state index is 14.4. The number of hydrogen-bond acceptors (Lipinski definition) is 5. The fourth-order valence-electron chi connectivity index (χ4n) is 4.90. The van der Waals surface area contributed by atoms with Crippen LogP contribution in [0.5, 0.6) is 5.75 Å². The molecule has 11 heteroatoms. The highest BCUT2D eigenvalue weighted by Crippen LogP contribution is 2.40. The summed E-state index contributed by atoms with van der Waals surface area (Å²) in [7, 11) is 1.50. The number of anilines is 1. The second-order valence-electron chi connectivity index (χ2n) is 9.48. The SMILES string of the molecule is CN.Cc1ncc(C(=O)NC2CCC(F)(F)CC2)c(N2CCC(C)C2)c1-c1cc(F)cc(OC(F)F)c1. The molecule has 6 nitrogen and oxygen atoms in total. The molecule has 0 bridgehead atoms. The maximum Gasteiger partial charge on any atom is 0.387 e. The third-order valence-electron chi connectivity index (χ3n) is 6.66. The second-order valence-corrected chi connectivity index (χ2v) is 9.48. The summed E-state index contributed by atoms with van der Waals surface area (Å²) >= 11 is 0. The predicted molar refractivity (Wildman–Crippen MR) is 132 cm³/mol. The Morgan fingerprint density at radius 1 is 1.19 bits per heavy atom. The minimum absolute atomic E-state index is 0.166. The highest BCUT2D eigenvalue weighted by atomic mass is 19.3. The van der Waals surface area contributed by atoms with Gasteiger partial charge in [0.2, 0.25) is 5.92 Å². The quantitative estimate of drug-likeness (QED) is 0.483. The van der Waals surface area contributed by atoms with Gasteiger partial charge in [0.1, 0.15) is 11.6 Å². The molecule has 1 saturated carbocycles. The Kier molecular flexibility index (Phi) is 9.33. The third-order valence-corrected chi connectivity index (χ3v) is 6.66. The summed E-state index contributed by atoms with van der Waals surface area (Å²) in [5.74, 6) is -3.93. The van der Waals surface area contributed by atoms with Crippen LogP contribution in [0.2, 0.25) is 0 Å². The molecule has 2 fully saturated rings. The average molecular weight is 529 g/mol. The van der Waals surface area contributed by atoms with Gasteiger partial charge >= 0.3 is 6.61 Å². The van der Waals surface area contributed by atoms with E-state index in [1.54, 1.807) is 6.92 Å². The van der Waals surface area contributed by atoms with Gasteiger partial charge in [0.25, 0.3) is 5.91 Å². The normalized spacial score (nSPS) is 19.4. The van der Waals surface area contributed by atoms with Crippen LogP contribution in [-0.2, 0) is 0 Å². The standard InChI is InChI=1S/C25H28F5N3O2.CH5N/c1-14-5-8-33(13-14)22-20(23(34)32-18-3-6-25(29,30)7-4-18)12-31-15(2)21(22)16-9-17(26)11-19(10-16)35-24(27)28;1-2/h9-12,14,18,24H,3-8,13H2,1-2H3,(H,32,34);2H2,1H3. The highest BCUT2D eigenvalue weighted by Gasteiger charge is 2.36. The van der Waals surface area contributed by atoms with Gasteiger partial charge in [0, 0.05) is 55.5 Å². The minimum atomic E-state index is -3.12. The molecule has 1 aliphatic carbocycles. The lowest BCUT2D eigenvalue weighted by atomic mass is 9.92. The molecule has 3 N–H and O–H groups in total. The van der Waals surface area contributed by atoms with E-state index in [1.165, 1.54) is 25.4 Å². The Morgan fingerprint density at radius 3 is 2.46 bits per heavy atom. The summed E-state index contributed by atoms with van der Waals surface area (Å²) in [5, 5.41) is 2.86. The molecule has 1 atom stereocenters. The molecule has 0 radical (unpaired) electrons. The average Bonchev–Trinajstić information content (AvgIpc) is 3.26. The van der Waals surface area contributed by atoms with Crippen molar-refractivity contribution in [1.82, 2.24) is 10.3 Å². The fourth-order valence-corrected chi connectivity index (χ4v) is 4.90. The number of aryl methyl sites for hydroxylation is 1. The molecule has 0 spiro atoms. The van der Waals surface area contributed by atoms with Crippen LogP contribution in [0.4, 0.5) is 27.6 Å². The van der Waals surface area contributed by atoms with Crippen molar-refractivity contribution in [1.29, 1.82) is 0 Å². The van der Waals surface area contributed by atoms with Gasteiger partial charge < -0.3 is 20.7 Å². The second kappa shape index (κ2) is 12.1. The van der Waals surface area contributed by atoms with E-state index in [9.17, 15) is 26.7 Å². The smallest absolute Gasteiger partial charge is 0.387 e. The number of amides is 1. The first-order valence-electron chi connectivity index (χ1n) is 12.3. The van der Waals surface area contributed by atoms with Gasteiger partial charge in [0.15, 0.2) is 0 Å². The van der Waals surface area contributed by atoms with Crippen molar-refractivity contribution >= 4 is 11.6 Å². The highest BCUT2D eigenvalue weighted by molar-refractivity contribution is 6.04. The first-order valence-corrected chi connectivity index (χ1v) is 12.3. The summed E-state index contributed by atoms with van der Waals surface area (Å²) in [6, 6.07) is 2.96. The Morgan fingerprint density at radius 2 is 1.86 bits per heavy atom. The lowest BCUT2D eigenvalue weighted by Gasteiger charge is -2.30. The number of nitrogens with zero attached hydrogens (tertiary/aromatic N) is 2. The van der Waals surface area contributed by atoms with Gasteiger partial charge in [-0.15, -0.1) is 0 Å². The minimum Gasteiger partial charge on any atom is -0.435 e. The van der Waals surface area contributed by atoms with Crippen LogP contribution >= 0.6 is 0 Å². The zero-order valence-corrected chi connectivity index (χ0v) is 21.2. The topological polar surface area (TPSA) is 80.5 Å². The first-order chi connectivity index (χ1) is 17.5. The van der Waals surface area contributed by atoms with Crippen molar-refractivity contribution in [2.75, 3.05) is 25.0 Å². The van der Waals surface area contributed by atoms with Gasteiger partial charge in [-0.05, 0) is 56.8 Å². The largest absolute Gasteiger partial charge is 0.435 e. The summed E-state index contributed by atoms with van der Waals surface area (Å²) in [4.78, 5) is 19.7. The summed E-state index contributed by atoms with van der Waals surface area (Å²) in [6.45, 7) is 1.93. The molecule has 1 saturated heterocycles. The summed E-state index contributed by atoms with van der Waals surface area (Å²) in [6.07, 6.45) is 2.06. The van der Waals surface area contributed by atoms with E-state index in [0.717, 1.165) is 12.5 Å². The first kappa shape index (κ1) is 28.6. The number of nitrogens with two attached hydrogens (primary N) is 1. The van der Waals surface area contributed by atoms with Crippen molar-refractivity contribution in [3.63, 3.8) is 0 Å². The van der Waals surface area contributed by atoms with Crippen LogP contribution in [0.15, 0.2) is 24.4 Å². The molecule has 2 heterocycles. The number of benzene rings is 1. The number of alkyl halides is 4. The van der Waals surface area contributed by atoms with Gasteiger partial charge in [-0.2, -0.15) is 8.78 Å². The maximum atomic E-state index is 14.4. The Bertz CT molecular complexity index is 1090. The number of hydrogen-bond donors (Lipinski definition) is 2. The van der Waals surface area contributed by atoms with Crippen molar-refractivity contribution in [2.24, 2.45) is 11.7 Å². The molecule has 1 unspecified atom stereocenters. The number of pyridine rings is 1. The molecular formula is C26H33F5N4O2. The monoisotopic (exact) mass is 528 g/mol. The summed E-state index contributed by atoms with van der Waals surface area (Å²) in [5.41, 5.74) is 6.45. The van der Waals surface area contributed by atoms with Crippen LogP contribution < -0.4 is 20.7 Å². The van der Waals surface area contributed by atoms with Crippen LogP contribution in [0.25, 0.3) is 11.1 Å². The number of halogens is 5. The Labute approximate surface area is 213 Å². The van der Waals surface area contributed by atoms with Crippen LogP contribution in [-0.4, -0.2) is 49.6 Å². The van der Waals surface area contributed by atoms with E-state index in [2.05, 4.69) is 27.7 Å². The van der Waals surface area contributed by atoms with Crippen LogP contribution in [0, 0.1) is 18.7 Å². The van der Waals surface area contributed by atoms with Crippen molar-refractivity contribution < 1.29 is 31.5 Å². The number of carbonyl (C=O) groups excluding carboxylic acids is 1. The third kappa shape index (κ3) is 7.09. The van der Waals surface area contributed by atoms with E-state index >= 15 is 0 Å². The van der Waals surface area contributed by atoms with Crippen LogP contribution in [0.1, 0.15) is 55.1 Å². The zero-order valence-electron chi connectivity index (χ0n) is 21.2. The number of aromatic nitrogens is 1. The molecule has 1 aromatic heterocycles. The van der Waals surface area contributed by atoms with E-state index in [0.29, 0.717) is 36.0 Å². The van der Waals surface area contributed by atoms with Gasteiger partial charge in [-0.25, -0.2) is 13.2 Å². The number of ether oxygens (including phenoxy) is 1. The zero-order chi connectivity index (χ0) is 27.3. The molecule has 2 aliphatic rings. The molecule has 4 rings (SSSR count). The van der Waals surface area contributed by atoms with Crippen molar-refractivity contribution in [3.8, 4) is 16.9 Å². The number of nitrogens with one attached hydrogen (secondary N) is 1. The molecule has 204 valence electrons. The lowest BCUT2D eigenvalue weighted by Crippen LogP contribution is -2.41. The fraction of sp³-hybridized carbons (Fsp3) is 0.538. The van der Waals surface area contributed by atoms with Gasteiger partial charge in [-0.3, -0.25) is 9.78 Å². The van der Waals surface area contributed by atoms with E-state index < -0.39 is 30.3 Å². The molecule has 1 aromatic carbocycles. The van der Waals surface area contributed by atoms with Gasteiger partial charge in [0.05, 0.1) is 11.3 Å². The number of carbonyl (C=O) groups is 1. The Hall–Kier alpha value is -2.95. The molecule has 37 heavy (non-hydrogen) atoms. The molecule has 1 amide bonds. The van der Waals surface area contributed by atoms with Crippen LogP contribution in [0.3, 0.4) is 0 Å². The van der Waals surface area contributed by atoms with E-state index in [-0.39, 0.29) is 42.6 Å². The van der Waals surface area contributed by atoms with E-state index in [1.807, 2.05) is 4.90 Å². The van der Waals surface area contributed by atoms with Gasteiger partial charge in [-0.1, -0.05) is 6.92 Å². The Balaban J connectivity index is 0.00000186. The predicted octanol–water partition coefficient (Wildman–Crippen LogP) is 5.53. The molecular weight excluding hydrogens is 495 g/mol.